The van der Waals surface area contributed by atoms with E-state index in [4.69, 9.17) is 5.41 Å². The van der Waals surface area contributed by atoms with Gasteiger partial charge in [-0.2, -0.15) is 11.8 Å². The summed E-state index contributed by atoms with van der Waals surface area (Å²) in [5.74, 6) is 1.88. The Balaban J connectivity index is 0.00000162. The van der Waals surface area contributed by atoms with Crippen molar-refractivity contribution in [3.05, 3.63) is 48.0 Å². The number of nitrogens with two attached hydrogens (primary N) is 1. The summed E-state index contributed by atoms with van der Waals surface area (Å²) in [6.07, 6.45) is 2.07. The first kappa shape index (κ1) is 15.6. The van der Waals surface area contributed by atoms with E-state index in [-0.39, 0.29) is 17.0 Å². The average molecular weight is 342 g/mol. The molecule has 96 valence electrons. The molecule has 0 unspecified atom stereocenters. The molecule has 0 bridgehead atoms. The van der Waals surface area contributed by atoms with Gasteiger partial charge in [0.1, 0.15) is 0 Å². The summed E-state index contributed by atoms with van der Waals surface area (Å²) in [5.41, 5.74) is 1.33. The van der Waals surface area contributed by atoms with Gasteiger partial charge in [0, 0.05) is 5.75 Å². The number of fused-ring (bicyclic) bond motifs is 1. The zero-order chi connectivity index (χ0) is 12.1. The van der Waals surface area contributed by atoms with E-state index in [0.717, 1.165) is 16.5 Å². The SMILES string of the molecule is CSCC(=[NH2+])SCc1ccc2ccccc2c1.[Br-]. The van der Waals surface area contributed by atoms with Crippen molar-refractivity contribution in [2.75, 3.05) is 12.0 Å². The maximum atomic E-state index is 5.90. The first-order valence-electron chi connectivity index (χ1n) is 5.50. The van der Waals surface area contributed by atoms with Gasteiger partial charge >= 0.3 is 0 Å². The number of halogens is 1. The van der Waals surface area contributed by atoms with Crippen LogP contribution in [0, 0.1) is 0 Å². The fourth-order valence-electron chi connectivity index (χ4n) is 1.69. The molecule has 2 N–H and O–H groups in total. The van der Waals surface area contributed by atoms with Crippen LogP contribution in [0.5, 0.6) is 0 Å². The van der Waals surface area contributed by atoms with Crippen LogP contribution in [-0.4, -0.2) is 17.1 Å². The molecule has 0 fully saturated rings. The third kappa shape index (κ3) is 4.34. The first-order valence-corrected chi connectivity index (χ1v) is 7.88. The molecule has 0 heterocycles. The van der Waals surface area contributed by atoms with Gasteiger partial charge in [-0.05, 0) is 22.6 Å². The Labute approximate surface area is 127 Å². The molecule has 0 spiro atoms. The largest absolute Gasteiger partial charge is 1.00 e. The number of benzene rings is 2. The van der Waals surface area contributed by atoms with Crippen LogP contribution in [0.15, 0.2) is 42.5 Å². The molecule has 0 saturated heterocycles. The molecule has 0 aliphatic rings. The predicted octanol–water partition coefficient (Wildman–Crippen LogP) is -0.402. The second kappa shape index (κ2) is 7.87. The van der Waals surface area contributed by atoms with Gasteiger partial charge in [-0.1, -0.05) is 54.2 Å². The van der Waals surface area contributed by atoms with Gasteiger partial charge in [-0.15, -0.1) is 0 Å². The summed E-state index contributed by atoms with van der Waals surface area (Å²) in [7, 11) is 0. The van der Waals surface area contributed by atoms with E-state index in [1.54, 1.807) is 23.5 Å². The third-order valence-corrected chi connectivity index (χ3v) is 4.30. The molecule has 0 aliphatic heterocycles. The molecule has 0 aromatic heterocycles. The zero-order valence-corrected chi connectivity index (χ0v) is 13.4. The molecule has 0 amide bonds. The Morgan fingerprint density at radius 1 is 1.11 bits per heavy atom. The molecule has 2 rings (SSSR count). The average Bonchev–Trinajstić information content (AvgIpc) is 2.36. The van der Waals surface area contributed by atoms with Crippen LogP contribution in [0.4, 0.5) is 0 Å². The summed E-state index contributed by atoms with van der Waals surface area (Å²) in [6.45, 7) is 0. The van der Waals surface area contributed by atoms with Gasteiger partial charge in [0.05, 0.1) is 5.75 Å². The zero-order valence-electron chi connectivity index (χ0n) is 10.2. The van der Waals surface area contributed by atoms with Crippen LogP contribution >= 0.6 is 23.5 Å². The van der Waals surface area contributed by atoms with Crippen molar-refractivity contribution in [1.29, 1.82) is 0 Å². The maximum absolute atomic E-state index is 5.90. The normalized spacial score (nSPS) is 10.1. The van der Waals surface area contributed by atoms with Crippen molar-refractivity contribution in [2.45, 2.75) is 5.75 Å². The van der Waals surface area contributed by atoms with Crippen molar-refractivity contribution in [3.63, 3.8) is 0 Å². The van der Waals surface area contributed by atoms with Gasteiger partial charge < -0.3 is 17.0 Å². The van der Waals surface area contributed by atoms with E-state index >= 15 is 0 Å². The summed E-state index contributed by atoms with van der Waals surface area (Å²) < 4.78 is 0. The molecule has 0 atom stereocenters. The molecule has 4 heteroatoms. The topological polar surface area (TPSA) is 25.6 Å². The molecular weight excluding hydrogens is 326 g/mol. The van der Waals surface area contributed by atoms with Crippen molar-refractivity contribution in [1.82, 2.24) is 0 Å². The summed E-state index contributed by atoms with van der Waals surface area (Å²) in [6, 6.07) is 15.0. The van der Waals surface area contributed by atoms with Crippen LogP contribution in [0.2, 0.25) is 0 Å². The van der Waals surface area contributed by atoms with Crippen molar-refractivity contribution in [3.8, 4) is 0 Å². The molecule has 2 aromatic carbocycles. The lowest BCUT2D eigenvalue weighted by atomic mass is 10.1. The van der Waals surface area contributed by atoms with E-state index < -0.39 is 0 Å². The smallest absolute Gasteiger partial charge is 0.217 e. The van der Waals surface area contributed by atoms with Gasteiger partial charge in [0.15, 0.2) is 0 Å². The standard InChI is InChI=1S/C14H15NS2.BrH/c1-16-10-14(15)17-9-11-6-7-12-4-2-3-5-13(12)8-11;/h2-8,15H,9-10H2,1H3;1H. The molecule has 0 saturated carbocycles. The summed E-state index contributed by atoms with van der Waals surface area (Å²) in [4.78, 5) is 0. The number of thioether (sulfide) groups is 2. The van der Waals surface area contributed by atoms with Crippen LogP contribution < -0.4 is 22.4 Å². The Bertz CT molecular complexity index is 528. The van der Waals surface area contributed by atoms with Crippen molar-refractivity contribution in [2.24, 2.45) is 0 Å². The maximum Gasteiger partial charge on any atom is 0.217 e. The summed E-state index contributed by atoms with van der Waals surface area (Å²) >= 11 is 3.50. The lowest BCUT2D eigenvalue weighted by Gasteiger charge is -2.02. The second-order valence-electron chi connectivity index (χ2n) is 3.87. The minimum atomic E-state index is 0. The lowest BCUT2D eigenvalue weighted by Crippen LogP contribution is -3.00. The van der Waals surface area contributed by atoms with Crippen LogP contribution in [-0.2, 0) is 5.75 Å². The summed E-state index contributed by atoms with van der Waals surface area (Å²) in [5, 5.41) is 9.50. The van der Waals surface area contributed by atoms with Crippen LogP contribution in [0.3, 0.4) is 0 Å². The van der Waals surface area contributed by atoms with Crippen LogP contribution in [0.25, 0.3) is 10.8 Å². The van der Waals surface area contributed by atoms with E-state index in [9.17, 15) is 0 Å². The molecule has 1 nitrogen and oxygen atoms in total. The lowest BCUT2D eigenvalue weighted by molar-refractivity contribution is -0.108. The minimum Gasteiger partial charge on any atom is -1.00 e. The highest BCUT2D eigenvalue weighted by Gasteiger charge is 2.04. The number of rotatable bonds is 4. The molecule has 0 radical (unpaired) electrons. The predicted molar refractivity (Wildman–Crippen MR) is 80.6 cm³/mol. The third-order valence-electron chi connectivity index (χ3n) is 2.52. The second-order valence-corrected chi connectivity index (χ2v) is 5.84. The van der Waals surface area contributed by atoms with E-state index in [1.165, 1.54) is 16.3 Å². The monoisotopic (exact) mass is 341 g/mol. The highest BCUT2D eigenvalue weighted by atomic mass is 79.9. The van der Waals surface area contributed by atoms with Gasteiger partial charge in [0.25, 0.3) is 0 Å². The van der Waals surface area contributed by atoms with Crippen LogP contribution in [0.1, 0.15) is 5.56 Å². The Morgan fingerprint density at radius 2 is 1.83 bits per heavy atom. The molecular formula is C14H16BrNS2. The van der Waals surface area contributed by atoms with E-state index in [0.29, 0.717) is 0 Å². The Hall–Kier alpha value is -0.450. The van der Waals surface area contributed by atoms with E-state index in [1.807, 2.05) is 0 Å². The molecule has 18 heavy (non-hydrogen) atoms. The molecule has 2 aromatic rings. The Kier molecular flexibility index (Phi) is 6.82. The van der Waals surface area contributed by atoms with Gasteiger partial charge in [-0.25, -0.2) is 0 Å². The molecule has 0 aliphatic carbocycles. The quantitative estimate of drug-likeness (QED) is 0.604. The highest BCUT2D eigenvalue weighted by Crippen LogP contribution is 2.19. The van der Waals surface area contributed by atoms with Gasteiger partial charge in [-0.3, -0.25) is 5.41 Å². The van der Waals surface area contributed by atoms with Gasteiger partial charge in [0.2, 0.25) is 5.04 Å². The highest BCUT2D eigenvalue weighted by molar-refractivity contribution is 8.15. The first-order chi connectivity index (χ1) is 8.29. The fraction of sp³-hybridized carbons (Fsp3) is 0.214. The van der Waals surface area contributed by atoms with Crippen molar-refractivity contribution < 1.29 is 22.4 Å². The van der Waals surface area contributed by atoms with E-state index in [2.05, 4.69) is 48.7 Å². The fourth-order valence-corrected chi connectivity index (χ4v) is 3.19. The number of hydrogen-bond donors (Lipinski definition) is 1. The van der Waals surface area contributed by atoms with Crippen molar-refractivity contribution >= 4 is 39.3 Å². The minimum absolute atomic E-state index is 0. The Morgan fingerprint density at radius 3 is 2.56 bits per heavy atom. The number of hydrogen-bond acceptors (Lipinski definition) is 2.